The van der Waals surface area contributed by atoms with Crippen LogP contribution in [0.3, 0.4) is 0 Å². The highest BCUT2D eigenvalue weighted by molar-refractivity contribution is 5.85. The Balaban J connectivity index is 0.00000112. The monoisotopic (exact) mass is 234 g/mol. The molecular formula is C11H23ClN2O. The number of nitrogens with zero attached hydrogens (tertiary/aromatic N) is 1. The van der Waals surface area contributed by atoms with E-state index in [9.17, 15) is 0 Å². The van der Waals surface area contributed by atoms with E-state index in [-0.39, 0.29) is 12.4 Å². The third-order valence-corrected chi connectivity index (χ3v) is 3.37. The van der Waals surface area contributed by atoms with E-state index in [0.717, 1.165) is 25.6 Å². The zero-order valence-electron chi connectivity index (χ0n) is 9.74. The van der Waals surface area contributed by atoms with Crippen molar-refractivity contribution in [2.75, 3.05) is 19.7 Å². The molecule has 1 N–H and O–H groups in total. The predicted octanol–water partition coefficient (Wildman–Crippen LogP) is 1.62. The third kappa shape index (κ3) is 3.31. The normalized spacial score (nSPS) is 32.2. The van der Waals surface area contributed by atoms with E-state index < -0.39 is 0 Å². The van der Waals surface area contributed by atoms with Crippen molar-refractivity contribution in [1.82, 2.24) is 10.2 Å². The highest BCUT2D eigenvalue weighted by atomic mass is 35.5. The summed E-state index contributed by atoms with van der Waals surface area (Å²) >= 11 is 0. The van der Waals surface area contributed by atoms with Gasteiger partial charge in [-0.15, -0.1) is 12.4 Å². The van der Waals surface area contributed by atoms with Gasteiger partial charge in [0.1, 0.15) is 6.23 Å². The fourth-order valence-electron chi connectivity index (χ4n) is 2.67. The average Bonchev–Trinajstić information content (AvgIpc) is 2.75. The minimum atomic E-state index is 0. The van der Waals surface area contributed by atoms with Gasteiger partial charge in [0.05, 0.1) is 6.61 Å². The molecule has 15 heavy (non-hydrogen) atoms. The summed E-state index contributed by atoms with van der Waals surface area (Å²) in [5.74, 6) is 0. The van der Waals surface area contributed by atoms with Crippen molar-refractivity contribution in [2.45, 2.75) is 51.4 Å². The number of hydrogen-bond donors (Lipinski definition) is 1. The lowest BCUT2D eigenvalue weighted by Gasteiger charge is -2.29. The van der Waals surface area contributed by atoms with Gasteiger partial charge >= 0.3 is 0 Å². The Hall–Kier alpha value is 0.170. The van der Waals surface area contributed by atoms with E-state index in [2.05, 4.69) is 24.1 Å². The van der Waals surface area contributed by atoms with Crippen molar-refractivity contribution in [3.63, 3.8) is 0 Å². The van der Waals surface area contributed by atoms with Gasteiger partial charge in [-0.1, -0.05) is 0 Å². The van der Waals surface area contributed by atoms with Crippen LogP contribution in [0.25, 0.3) is 0 Å². The van der Waals surface area contributed by atoms with Crippen LogP contribution in [0, 0.1) is 0 Å². The summed E-state index contributed by atoms with van der Waals surface area (Å²) in [6.45, 7) is 7.77. The van der Waals surface area contributed by atoms with Crippen LogP contribution in [0.2, 0.25) is 0 Å². The van der Waals surface area contributed by atoms with Gasteiger partial charge in [-0.2, -0.15) is 0 Å². The maximum atomic E-state index is 5.61. The second-order valence-corrected chi connectivity index (χ2v) is 4.68. The van der Waals surface area contributed by atoms with Crippen molar-refractivity contribution in [3.05, 3.63) is 0 Å². The van der Waals surface area contributed by atoms with Crippen molar-refractivity contribution >= 4 is 12.4 Å². The molecule has 2 aliphatic heterocycles. The Morgan fingerprint density at radius 3 is 2.87 bits per heavy atom. The minimum Gasteiger partial charge on any atom is -0.362 e. The highest BCUT2D eigenvalue weighted by Crippen LogP contribution is 2.24. The van der Waals surface area contributed by atoms with E-state index in [1.54, 1.807) is 0 Å². The van der Waals surface area contributed by atoms with Crippen molar-refractivity contribution in [1.29, 1.82) is 0 Å². The highest BCUT2D eigenvalue weighted by Gasteiger charge is 2.29. The number of ether oxygens (including phenoxy) is 1. The fraction of sp³-hybridized carbons (Fsp3) is 1.00. The summed E-state index contributed by atoms with van der Waals surface area (Å²) < 4.78 is 5.61. The van der Waals surface area contributed by atoms with E-state index in [4.69, 9.17) is 4.74 Å². The lowest BCUT2D eigenvalue weighted by molar-refractivity contribution is 0.0635. The predicted molar refractivity (Wildman–Crippen MR) is 64.5 cm³/mol. The first-order valence-corrected chi connectivity index (χ1v) is 5.88. The lowest BCUT2D eigenvalue weighted by atomic mass is 10.1. The zero-order valence-corrected chi connectivity index (χ0v) is 10.6. The largest absolute Gasteiger partial charge is 0.362 e. The number of rotatable bonds is 3. The molecule has 2 aliphatic rings. The maximum absolute atomic E-state index is 5.61. The topological polar surface area (TPSA) is 24.5 Å². The Morgan fingerprint density at radius 2 is 2.27 bits per heavy atom. The van der Waals surface area contributed by atoms with Gasteiger partial charge < -0.3 is 4.74 Å². The van der Waals surface area contributed by atoms with E-state index in [1.807, 2.05) is 0 Å². The smallest absolute Gasteiger partial charge is 0.109 e. The van der Waals surface area contributed by atoms with E-state index in [1.165, 1.54) is 19.4 Å². The Morgan fingerprint density at radius 1 is 1.47 bits per heavy atom. The molecule has 90 valence electrons. The summed E-state index contributed by atoms with van der Waals surface area (Å²) in [6.07, 6.45) is 4.19. The number of hydrogen-bond acceptors (Lipinski definition) is 3. The van der Waals surface area contributed by atoms with Gasteiger partial charge in [-0.3, -0.25) is 10.2 Å². The van der Waals surface area contributed by atoms with E-state index in [0.29, 0.717) is 12.3 Å². The molecule has 0 aromatic rings. The molecule has 2 saturated heterocycles. The molecule has 3 nitrogen and oxygen atoms in total. The second kappa shape index (κ2) is 6.04. The molecule has 0 aromatic heterocycles. The summed E-state index contributed by atoms with van der Waals surface area (Å²) in [5, 5.41) is 3.39. The molecule has 0 bridgehead atoms. The van der Waals surface area contributed by atoms with Crippen LogP contribution in [0.1, 0.15) is 33.1 Å². The Kier molecular flexibility index (Phi) is 5.33. The molecule has 0 saturated carbocycles. The fourth-order valence-corrected chi connectivity index (χ4v) is 2.67. The molecule has 4 heteroatoms. The van der Waals surface area contributed by atoms with Crippen LogP contribution in [0.5, 0.6) is 0 Å². The first-order valence-electron chi connectivity index (χ1n) is 5.88. The summed E-state index contributed by atoms with van der Waals surface area (Å²) in [5.41, 5.74) is 0. The first kappa shape index (κ1) is 13.2. The molecule has 2 atom stereocenters. The second-order valence-electron chi connectivity index (χ2n) is 4.68. The molecule has 0 radical (unpaired) electrons. The average molecular weight is 235 g/mol. The van der Waals surface area contributed by atoms with E-state index >= 15 is 0 Å². The third-order valence-electron chi connectivity index (χ3n) is 3.37. The van der Waals surface area contributed by atoms with Crippen molar-refractivity contribution < 1.29 is 4.74 Å². The van der Waals surface area contributed by atoms with Crippen LogP contribution in [-0.2, 0) is 4.74 Å². The molecular weight excluding hydrogens is 212 g/mol. The van der Waals surface area contributed by atoms with Gasteiger partial charge in [0.15, 0.2) is 0 Å². The standard InChI is InChI=1S/C11H22N2O.ClH/c1-9(2)13-6-3-4-10(13)8-11-12-5-7-14-11;/h9-12H,3-8H2,1-2H3;1H. The lowest BCUT2D eigenvalue weighted by Crippen LogP contribution is -2.39. The van der Waals surface area contributed by atoms with Crippen LogP contribution in [-0.4, -0.2) is 42.9 Å². The molecule has 0 aromatic carbocycles. The van der Waals surface area contributed by atoms with Gasteiger partial charge in [0.2, 0.25) is 0 Å². The van der Waals surface area contributed by atoms with Gasteiger partial charge in [-0.25, -0.2) is 0 Å². The van der Waals surface area contributed by atoms with Gasteiger partial charge in [-0.05, 0) is 33.2 Å². The van der Waals surface area contributed by atoms with Gasteiger partial charge in [0.25, 0.3) is 0 Å². The summed E-state index contributed by atoms with van der Waals surface area (Å²) in [6, 6.07) is 1.43. The number of nitrogens with one attached hydrogen (secondary N) is 1. The molecule has 0 aliphatic carbocycles. The zero-order chi connectivity index (χ0) is 9.97. The minimum absolute atomic E-state index is 0. The Labute approximate surface area is 99.0 Å². The number of likely N-dealkylation sites (tertiary alicyclic amines) is 1. The molecule has 2 fully saturated rings. The first-order chi connectivity index (χ1) is 6.77. The number of halogens is 1. The summed E-state index contributed by atoms with van der Waals surface area (Å²) in [7, 11) is 0. The van der Waals surface area contributed by atoms with Gasteiger partial charge in [0, 0.05) is 25.0 Å². The SMILES string of the molecule is CC(C)N1CCCC1CC1NCCO1.Cl. The summed E-state index contributed by atoms with van der Waals surface area (Å²) in [4.78, 5) is 2.61. The molecule has 2 heterocycles. The maximum Gasteiger partial charge on any atom is 0.109 e. The molecule has 2 rings (SSSR count). The quantitative estimate of drug-likeness (QED) is 0.803. The Bertz CT molecular complexity index is 183. The van der Waals surface area contributed by atoms with Crippen LogP contribution in [0.4, 0.5) is 0 Å². The molecule has 0 amide bonds. The van der Waals surface area contributed by atoms with Crippen LogP contribution >= 0.6 is 12.4 Å². The van der Waals surface area contributed by atoms with Crippen molar-refractivity contribution in [2.24, 2.45) is 0 Å². The molecule has 0 spiro atoms. The van der Waals surface area contributed by atoms with Crippen LogP contribution < -0.4 is 5.32 Å². The van der Waals surface area contributed by atoms with Crippen molar-refractivity contribution in [3.8, 4) is 0 Å². The van der Waals surface area contributed by atoms with Crippen LogP contribution in [0.15, 0.2) is 0 Å². The molecule has 2 unspecified atom stereocenters.